The molecule has 1 rings (SSSR count). The van der Waals surface area contributed by atoms with Gasteiger partial charge in [0, 0.05) is 32.4 Å². The van der Waals surface area contributed by atoms with E-state index in [4.69, 9.17) is 9.84 Å². The number of methoxy groups -OCH3 is 1. The summed E-state index contributed by atoms with van der Waals surface area (Å²) >= 11 is 0. The average molecular weight is 373 g/mol. The minimum Gasteiger partial charge on any atom is -0.395 e. The number of nitrogens with zero attached hydrogens (tertiary/aromatic N) is 1. The van der Waals surface area contributed by atoms with Crippen molar-refractivity contribution >= 4 is 5.91 Å². The highest BCUT2D eigenvalue weighted by atomic mass is 19.4. The minimum absolute atomic E-state index is 0.0187. The number of rotatable bonds is 7. The maximum atomic E-state index is 12.8. The zero-order valence-electron chi connectivity index (χ0n) is 13.2. The Morgan fingerprint density at radius 1 is 1.04 bits per heavy atom. The lowest BCUT2D eigenvalue weighted by molar-refractivity contribution is -0.143. The topological polar surface area (TPSA) is 49.8 Å². The number of hydrogen-bond acceptors (Lipinski definition) is 3. The molecule has 25 heavy (non-hydrogen) atoms. The molecule has 1 aromatic carbocycles. The van der Waals surface area contributed by atoms with Crippen LogP contribution in [0, 0.1) is 0 Å². The van der Waals surface area contributed by atoms with Gasteiger partial charge in [-0.1, -0.05) is 0 Å². The largest absolute Gasteiger partial charge is 0.416 e. The number of aliphatic hydroxyl groups is 1. The molecule has 0 unspecified atom stereocenters. The highest BCUT2D eigenvalue weighted by molar-refractivity contribution is 5.94. The van der Waals surface area contributed by atoms with Crippen LogP contribution in [0.5, 0.6) is 0 Å². The summed E-state index contributed by atoms with van der Waals surface area (Å²) in [6.45, 7) is -0.444. The zero-order valence-corrected chi connectivity index (χ0v) is 13.2. The lowest BCUT2D eigenvalue weighted by Gasteiger charge is -2.23. The molecule has 1 amide bonds. The Bertz CT molecular complexity index is 553. The first kappa shape index (κ1) is 21.2. The van der Waals surface area contributed by atoms with Gasteiger partial charge in [0.15, 0.2) is 0 Å². The SMILES string of the molecule is COCCCN(CCO)C(=O)c1cc(C(F)(F)F)cc(C(F)(F)F)c1. The van der Waals surface area contributed by atoms with Crippen LogP contribution in [0.15, 0.2) is 18.2 Å². The van der Waals surface area contributed by atoms with E-state index in [-0.39, 0.29) is 25.8 Å². The smallest absolute Gasteiger partial charge is 0.395 e. The molecule has 0 aromatic heterocycles. The quantitative estimate of drug-likeness (QED) is 0.590. The fraction of sp³-hybridized carbons (Fsp3) is 0.533. The predicted octanol–water partition coefficient (Wildman–Crippen LogP) is 3.20. The summed E-state index contributed by atoms with van der Waals surface area (Å²) in [5.74, 6) is -1.03. The molecular weight excluding hydrogens is 356 g/mol. The highest BCUT2D eigenvalue weighted by Gasteiger charge is 2.37. The summed E-state index contributed by atoms with van der Waals surface area (Å²) < 4.78 is 81.9. The highest BCUT2D eigenvalue weighted by Crippen LogP contribution is 2.36. The van der Waals surface area contributed by atoms with Crippen LogP contribution in [0.1, 0.15) is 27.9 Å². The van der Waals surface area contributed by atoms with Crippen LogP contribution in [0.2, 0.25) is 0 Å². The van der Waals surface area contributed by atoms with Crippen molar-refractivity contribution in [2.75, 3.05) is 33.4 Å². The van der Waals surface area contributed by atoms with E-state index in [1.54, 1.807) is 0 Å². The Labute approximate surface area is 140 Å². The van der Waals surface area contributed by atoms with Crippen LogP contribution >= 0.6 is 0 Å². The van der Waals surface area contributed by atoms with E-state index < -0.39 is 41.6 Å². The van der Waals surface area contributed by atoms with Crippen LogP contribution in [-0.4, -0.2) is 49.3 Å². The van der Waals surface area contributed by atoms with Crippen molar-refractivity contribution in [3.63, 3.8) is 0 Å². The van der Waals surface area contributed by atoms with E-state index in [0.29, 0.717) is 18.6 Å². The normalized spacial score (nSPS) is 12.3. The standard InChI is InChI=1S/C15H17F6NO3/c1-25-6-2-3-22(4-5-23)13(24)10-7-11(14(16,17)18)9-12(8-10)15(19,20)21/h7-9,23H,2-6H2,1H3. The van der Waals surface area contributed by atoms with E-state index in [1.807, 2.05) is 0 Å². The molecule has 1 aromatic rings. The zero-order chi connectivity index (χ0) is 19.3. The Morgan fingerprint density at radius 3 is 1.96 bits per heavy atom. The molecule has 0 aliphatic heterocycles. The number of aliphatic hydroxyl groups excluding tert-OH is 1. The lowest BCUT2D eigenvalue weighted by Crippen LogP contribution is -2.35. The van der Waals surface area contributed by atoms with Crippen molar-refractivity contribution < 1.29 is 41.0 Å². The summed E-state index contributed by atoms with van der Waals surface area (Å²) in [7, 11) is 1.40. The second kappa shape index (κ2) is 8.52. The molecule has 0 aliphatic carbocycles. The van der Waals surface area contributed by atoms with Gasteiger partial charge in [-0.2, -0.15) is 26.3 Å². The van der Waals surface area contributed by atoms with Gasteiger partial charge in [-0.05, 0) is 24.6 Å². The number of alkyl halides is 6. The molecule has 1 N–H and O–H groups in total. The minimum atomic E-state index is -5.03. The van der Waals surface area contributed by atoms with E-state index in [1.165, 1.54) is 7.11 Å². The van der Waals surface area contributed by atoms with Crippen LogP contribution in [-0.2, 0) is 17.1 Å². The number of benzene rings is 1. The van der Waals surface area contributed by atoms with Gasteiger partial charge in [-0.25, -0.2) is 0 Å². The van der Waals surface area contributed by atoms with Crippen molar-refractivity contribution in [2.45, 2.75) is 18.8 Å². The third kappa shape index (κ3) is 6.20. The van der Waals surface area contributed by atoms with Gasteiger partial charge in [0.2, 0.25) is 0 Å². The second-order valence-electron chi connectivity index (χ2n) is 5.16. The van der Waals surface area contributed by atoms with Gasteiger partial charge >= 0.3 is 12.4 Å². The number of hydrogen-bond donors (Lipinski definition) is 1. The second-order valence-corrected chi connectivity index (χ2v) is 5.16. The molecule has 0 saturated heterocycles. The molecule has 10 heteroatoms. The Hall–Kier alpha value is -1.81. The third-order valence-corrected chi connectivity index (χ3v) is 3.27. The molecule has 0 spiro atoms. The summed E-state index contributed by atoms with van der Waals surface area (Å²) in [6.07, 6.45) is -9.75. The molecule has 0 radical (unpaired) electrons. The van der Waals surface area contributed by atoms with Crippen LogP contribution < -0.4 is 0 Å². The average Bonchev–Trinajstić information content (AvgIpc) is 2.51. The molecular formula is C15H17F6NO3. The molecule has 142 valence electrons. The maximum Gasteiger partial charge on any atom is 0.416 e. The fourth-order valence-electron chi connectivity index (χ4n) is 2.10. The lowest BCUT2D eigenvalue weighted by atomic mass is 10.0. The summed E-state index contributed by atoms with van der Waals surface area (Å²) in [4.78, 5) is 13.3. The first-order valence-corrected chi connectivity index (χ1v) is 7.19. The summed E-state index contributed by atoms with van der Waals surface area (Å²) in [6, 6.07) is 0.703. The maximum absolute atomic E-state index is 12.8. The molecule has 0 saturated carbocycles. The van der Waals surface area contributed by atoms with Gasteiger partial charge in [-0.15, -0.1) is 0 Å². The van der Waals surface area contributed by atoms with Gasteiger partial charge in [0.05, 0.1) is 17.7 Å². The van der Waals surface area contributed by atoms with Gasteiger partial charge in [-0.3, -0.25) is 4.79 Å². The van der Waals surface area contributed by atoms with Gasteiger partial charge in [0.25, 0.3) is 5.91 Å². The Balaban J connectivity index is 3.25. The number of amides is 1. The first-order valence-electron chi connectivity index (χ1n) is 7.19. The molecule has 0 atom stereocenters. The van der Waals surface area contributed by atoms with E-state index in [9.17, 15) is 31.1 Å². The summed E-state index contributed by atoms with van der Waals surface area (Å²) in [5.41, 5.74) is -3.87. The van der Waals surface area contributed by atoms with E-state index >= 15 is 0 Å². The van der Waals surface area contributed by atoms with Crippen molar-refractivity contribution in [3.05, 3.63) is 34.9 Å². The third-order valence-electron chi connectivity index (χ3n) is 3.27. The van der Waals surface area contributed by atoms with Crippen LogP contribution in [0.25, 0.3) is 0 Å². The van der Waals surface area contributed by atoms with E-state index in [2.05, 4.69) is 0 Å². The first-order chi connectivity index (χ1) is 11.5. The predicted molar refractivity (Wildman–Crippen MR) is 75.9 cm³/mol. The van der Waals surface area contributed by atoms with Crippen molar-refractivity contribution in [3.8, 4) is 0 Å². The van der Waals surface area contributed by atoms with Crippen molar-refractivity contribution in [2.24, 2.45) is 0 Å². The summed E-state index contributed by atoms with van der Waals surface area (Å²) in [5, 5.41) is 8.97. The van der Waals surface area contributed by atoms with Gasteiger partial charge < -0.3 is 14.7 Å². The van der Waals surface area contributed by atoms with Crippen molar-refractivity contribution in [1.29, 1.82) is 0 Å². The Morgan fingerprint density at radius 2 is 1.56 bits per heavy atom. The molecule has 4 nitrogen and oxygen atoms in total. The molecule has 0 fully saturated rings. The molecule has 0 aliphatic rings. The van der Waals surface area contributed by atoms with Crippen LogP contribution in [0.4, 0.5) is 26.3 Å². The molecule has 0 heterocycles. The number of carbonyl (C=O) groups excluding carboxylic acids is 1. The fourth-order valence-corrected chi connectivity index (χ4v) is 2.10. The number of carbonyl (C=O) groups is 1. The van der Waals surface area contributed by atoms with Crippen LogP contribution in [0.3, 0.4) is 0 Å². The Kier molecular flexibility index (Phi) is 7.24. The number of ether oxygens (including phenoxy) is 1. The number of halogens is 6. The molecule has 0 bridgehead atoms. The van der Waals surface area contributed by atoms with Crippen molar-refractivity contribution in [1.82, 2.24) is 4.90 Å². The monoisotopic (exact) mass is 373 g/mol. The van der Waals surface area contributed by atoms with E-state index in [0.717, 1.165) is 4.90 Å². The van der Waals surface area contributed by atoms with Gasteiger partial charge in [0.1, 0.15) is 0 Å².